The number of carbonyl (C=O) groups is 1. The molecule has 0 bridgehead atoms. The van der Waals surface area contributed by atoms with E-state index in [9.17, 15) is 15.3 Å². The van der Waals surface area contributed by atoms with Gasteiger partial charge in [0.2, 0.25) is 0 Å². The van der Waals surface area contributed by atoms with E-state index in [1.54, 1.807) is 0 Å². The number of amidine groups is 1. The maximum atomic E-state index is 13.4. The predicted octanol–water partition coefficient (Wildman–Crippen LogP) is 6.55. The number of hydrogen-bond acceptors (Lipinski definition) is 3. The van der Waals surface area contributed by atoms with E-state index in [4.69, 9.17) is 0 Å². The molecule has 1 atom stereocenters. The van der Waals surface area contributed by atoms with Crippen LogP contribution in [-0.2, 0) is 4.79 Å². The molecule has 3 aromatic rings. The van der Waals surface area contributed by atoms with E-state index in [0.29, 0.717) is 23.1 Å². The summed E-state index contributed by atoms with van der Waals surface area (Å²) < 4.78 is 0. The zero-order valence-corrected chi connectivity index (χ0v) is 18.6. The van der Waals surface area contributed by atoms with Crippen LogP contribution in [0.3, 0.4) is 0 Å². The third-order valence-electron chi connectivity index (χ3n) is 6.48. The Morgan fingerprint density at radius 1 is 0.909 bits per heavy atom. The molecular formula is C29H26N2O2. The van der Waals surface area contributed by atoms with Crippen molar-refractivity contribution in [3.05, 3.63) is 118 Å². The lowest BCUT2D eigenvalue weighted by Gasteiger charge is -2.41. The third-order valence-corrected chi connectivity index (χ3v) is 6.48. The number of aryl methyl sites for hydroxylation is 1. The van der Waals surface area contributed by atoms with Crippen LogP contribution < -0.4 is 4.90 Å². The zero-order valence-electron chi connectivity index (χ0n) is 18.6. The summed E-state index contributed by atoms with van der Waals surface area (Å²) in [6.07, 6.45) is 1.97. The molecule has 0 saturated carbocycles. The molecule has 0 spiro atoms. The number of benzene rings is 3. The monoisotopic (exact) mass is 434 g/mol. The molecule has 0 saturated heterocycles. The first-order valence-corrected chi connectivity index (χ1v) is 11.3. The van der Waals surface area contributed by atoms with Crippen molar-refractivity contribution < 1.29 is 9.90 Å². The molecule has 1 aliphatic heterocycles. The molecule has 5 rings (SSSR count). The maximum absolute atomic E-state index is 13.4. The SMILES string of the molecule is Cc1ccc(/C(O)=C2\C(=N)N(c3ccccc3)C3=C(C(=O)CCC3)[C@H]2c2ccccc2)cc1. The first-order valence-electron chi connectivity index (χ1n) is 11.3. The Labute approximate surface area is 194 Å². The first-order chi connectivity index (χ1) is 16.1. The van der Waals surface area contributed by atoms with Crippen molar-refractivity contribution in [3.8, 4) is 0 Å². The lowest BCUT2D eigenvalue weighted by atomic mass is 9.73. The van der Waals surface area contributed by atoms with Crippen LogP contribution in [0.5, 0.6) is 0 Å². The summed E-state index contributed by atoms with van der Waals surface area (Å²) >= 11 is 0. The highest BCUT2D eigenvalue weighted by atomic mass is 16.3. The molecule has 2 N–H and O–H groups in total. The number of para-hydroxylation sites is 1. The second-order valence-corrected chi connectivity index (χ2v) is 8.63. The van der Waals surface area contributed by atoms with Crippen LogP contribution in [0.1, 0.15) is 41.9 Å². The van der Waals surface area contributed by atoms with Gasteiger partial charge in [0.25, 0.3) is 0 Å². The zero-order chi connectivity index (χ0) is 22.9. The Bertz CT molecular complexity index is 1270. The van der Waals surface area contributed by atoms with Gasteiger partial charge in [-0.15, -0.1) is 0 Å². The molecule has 2 aliphatic rings. The smallest absolute Gasteiger partial charge is 0.161 e. The topological polar surface area (TPSA) is 64.4 Å². The normalized spacial score (nSPS) is 20.0. The van der Waals surface area contributed by atoms with E-state index in [1.807, 2.05) is 96.8 Å². The van der Waals surface area contributed by atoms with Gasteiger partial charge in [-0.2, -0.15) is 0 Å². The van der Waals surface area contributed by atoms with Gasteiger partial charge in [0, 0.05) is 40.4 Å². The van der Waals surface area contributed by atoms with Crippen molar-refractivity contribution in [2.45, 2.75) is 32.1 Å². The lowest BCUT2D eigenvalue weighted by molar-refractivity contribution is -0.116. The van der Waals surface area contributed by atoms with Crippen LogP contribution in [-0.4, -0.2) is 16.7 Å². The van der Waals surface area contributed by atoms with E-state index in [1.165, 1.54) is 0 Å². The molecule has 3 aromatic carbocycles. The van der Waals surface area contributed by atoms with Crippen LogP contribution in [0.4, 0.5) is 5.69 Å². The highest BCUT2D eigenvalue weighted by molar-refractivity contribution is 6.19. The Kier molecular flexibility index (Phi) is 5.43. The second kappa shape index (κ2) is 8.55. The van der Waals surface area contributed by atoms with Gasteiger partial charge in [-0.05, 0) is 37.5 Å². The Balaban J connectivity index is 1.82. The van der Waals surface area contributed by atoms with Gasteiger partial charge in [0.05, 0.1) is 0 Å². The number of rotatable bonds is 3. The van der Waals surface area contributed by atoms with Crippen molar-refractivity contribution in [2.75, 3.05) is 4.90 Å². The fourth-order valence-corrected chi connectivity index (χ4v) is 4.90. The van der Waals surface area contributed by atoms with Crippen molar-refractivity contribution in [1.29, 1.82) is 5.41 Å². The van der Waals surface area contributed by atoms with Crippen molar-refractivity contribution in [3.63, 3.8) is 0 Å². The number of Topliss-reactive ketones (excluding diaryl/α,β-unsaturated/α-hetero) is 1. The molecule has 1 heterocycles. The third kappa shape index (κ3) is 3.68. The Morgan fingerprint density at radius 3 is 2.21 bits per heavy atom. The average molecular weight is 435 g/mol. The highest BCUT2D eigenvalue weighted by Crippen LogP contribution is 2.47. The molecule has 0 aromatic heterocycles. The minimum absolute atomic E-state index is 0.0414. The fraction of sp³-hybridized carbons (Fsp3) is 0.172. The minimum Gasteiger partial charge on any atom is -0.507 e. The number of nitrogens with one attached hydrogen (secondary N) is 1. The minimum atomic E-state index is -0.484. The molecule has 164 valence electrons. The van der Waals surface area contributed by atoms with Crippen LogP contribution in [0.25, 0.3) is 5.76 Å². The number of anilines is 1. The summed E-state index contributed by atoms with van der Waals surface area (Å²) in [5, 5.41) is 20.9. The Morgan fingerprint density at radius 2 is 1.55 bits per heavy atom. The van der Waals surface area contributed by atoms with Gasteiger partial charge in [-0.3, -0.25) is 15.1 Å². The summed E-state index contributed by atoms with van der Waals surface area (Å²) in [5.74, 6) is -0.142. The van der Waals surface area contributed by atoms with Crippen LogP contribution in [0.15, 0.2) is 102 Å². The predicted molar refractivity (Wildman–Crippen MR) is 132 cm³/mol. The molecule has 0 unspecified atom stereocenters. The lowest BCUT2D eigenvalue weighted by Crippen LogP contribution is -2.42. The standard InChI is InChI=1S/C29H26N2O2/c1-19-15-17-21(18-16-19)28(33)27-25(20-9-4-2-5-10-20)26-23(13-8-14-24(26)32)31(29(27)30)22-11-6-3-7-12-22/h2-7,9-12,15-18,25,30,33H,8,13-14H2,1H3/b28-27+,30-29?/t25-/m1/s1. The van der Waals surface area contributed by atoms with Gasteiger partial charge in [0.15, 0.2) is 5.78 Å². The molecule has 1 aliphatic carbocycles. The molecule has 4 heteroatoms. The van der Waals surface area contributed by atoms with Gasteiger partial charge < -0.3 is 5.11 Å². The van der Waals surface area contributed by atoms with Crippen molar-refractivity contribution in [2.24, 2.45) is 0 Å². The number of hydrogen-bond donors (Lipinski definition) is 2. The summed E-state index contributed by atoms with van der Waals surface area (Å²) in [6.45, 7) is 2.00. The fourth-order valence-electron chi connectivity index (χ4n) is 4.90. The molecule has 0 fully saturated rings. The van der Waals surface area contributed by atoms with Crippen LogP contribution in [0.2, 0.25) is 0 Å². The summed E-state index contributed by atoms with van der Waals surface area (Å²) in [7, 11) is 0. The number of ketones is 1. The first kappa shape index (κ1) is 21.0. The van der Waals surface area contributed by atoms with Crippen LogP contribution in [0, 0.1) is 12.3 Å². The molecular weight excluding hydrogens is 408 g/mol. The number of aliphatic hydroxyl groups is 1. The average Bonchev–Trinajstić information content (AvgIpc) is 2.84. The van der Waals surface area contributed by atoms with Gasteiger partial charge in [-0.25, -0.2) is 0 Å². The quantitative estimate of drug-likeness (QED) is 0.459. The van der Waals surface area contributed by atoms with E-state index in [0.717, 1.165) is 35.4 Å². The van der Waals surface area contributed by atoms with E-state index in [2.05, 4.69) is 0 Å². The van der Waals surface area contributed by atoms with Crippen molar-refractivity contribution in [1.82, 2.24) is 0 Å². The van der Waals surface area contributed by atoms with E-state index in [-0.39, 0.29) is 17.4 Å². The largest absolute Gasteiger partial charge is 0.507 e. The second-order valence-electron chi connectivity index (χ2n) is 8.63. The van der Waals surface area contributed by atoms with Crippen LogP contribution >= 0.6 is 0 Å². The van der Waals surface area contributed by atoms with Gasteiger partial charge >= 0.3 is 0 Å². The highest BCUT2D eigenvalue weighted by Gasteiger charge is 2.43. The summed E-state index contributed by atoms with van der Waals surface area (Å²) in [4.78, 5) is 15.2. The molecule has 4 nitrogen and oxygen atoms in total. The van der Waals surface area contributed by atoms with Gasteiger partial charge in [0.1, 0.15) is 11.6 Å². The van der Waals surface area contributed by atoms with E-state index >= 15 is 0 Å². The number of nitrogens with zero attached hydrogens (tertiary/aromatic N) is 1. The maximum Gasteiger partial charge on any atom is 0.161 e. The molecule has 0 radical (unpaired) electrons. The van der Waals surface area contributed by atoms with Gasteiger partial charge in [-0.1, -0.05) is 78.4 Å². The van der Waals surface area contributed by atoms with Crippen molar-refractivity contribution >= 4 is 23.1 Å². The molecule has 33 heavy (non-hydrogen) atoms. The molecule has 0 amide bonds. The van der Waals surface area contributed by atoms with E-state index < -0.39 is 5.92 Å². The number of carbonyl (C=O) groups excluding carboxylic acids is 1. The summed E-state index contributed by atoms with van der Waals surface area (Å²) in [5.41, 5.74) is 5.49. The Hall–Kier alpha value is -3.92. The summed E-state index contributed by atoms with van der Waals surface area (Å²) in [6, 6.07) is 27.1. The number of allylic oxidation sites excluding steroid dienone is 2. The number of aliphatic hydroxyl groups excluding tert-OH is 1.